The number of hydrogen-bond acceptors (Lipinski definition) is 1. The third kappa shape index (κ3) is 5.00. The van der Waals surface area contributed by atoms with E-state index in [1.54, 1.807) is 17.1 Å². The first kappa shape index (κ1) is 13.7. The van der Waals surface area contributed by atoms with Crippen LogP contribution in [0.3, 0.4) is 0 Å². The van der Waals surface area contributed by atoms with E-state index in [9.17, 15) is 4.79 Å². The molecule has 0 bridgehead atoms. The molecule has 17 heavy (non-hydrogen) atoms. The molecule has 3 heteroatoms. The molecule has 0 radical (unpaired) electrons. The Morgan fingerprint density at radius 3 is 2.59 bits per heavy atom. The highest BCUT2D eigenvalue weighted by molar-refractivity contribution is 9.11. The fourth-order valence-corrected chi connectivity index (χ4v) is 1.77. The molecule has 0 saturated heterocycles. The quantitative estimate of drug-likeness (QED) is 0.761. The van der Waals surface area contributed by atoms with Crippen molar-refractivity contribution in [3.8, 4) is 0 Å². The Kier molecular flexibility index (Phi) is 5.70. The number of nitrogens with zero attached hydrogens (tertiary/aromatic N) is 1. The highest BCUT2D eigenvalue weighted by atomic mass is 79.9. The van der Waals surface area contributed by atoms with Crippen LogP contribution in [0.5, 0.6) is 0 Å². The van der Waals surface area contributed by atoms with Crippen molar-refractivity contribution in [2.24, 2.45) is 0 Å². The third-order valence-corrected chi connectivity index (χ3v) is 2.45. The third-order valence-electron chi connectivity index (χ3n) is 2.20. The number of halogens is 1. The molecule has 0 spiro atoms. The average molecular weight is 294 g/mol. The van der Waals surface area contributed by atoms with Crippen molar-refractivity contribution in [3.63, 3.8) is 0 Å². The van der Waals surface area contributed by atoms with Gasteiger partial charge in [-0.05, 0) is 18.6 Å². The average Bonchev–Trinajstić information content (AvgIpc) is 2.29. The first-order valence-corrected chi connectivity index (χ1v) is 6.21. The SMILES string of the molecule is C=C(Br)CN(Cc1ccccc1)C(=O)/C=C/C. The van der Waals surface area contributed by atoms with Crippen LogP contribution in [-0.4, -0.2) is 17.4 Å². The molecular weight excluding hydrogens is 278 g/mol. The smallest absolute Gasteiger partial charge is 0.246 e. The fraction of sp³-hybridized carbons (Fsp3) is 0.214. The van der Waals surface area contributed by atoms with Gasteiger partial charge in [0.2, 0.25) is 5.91 Å². The number of allylic oxidation sites excluding steroid dienone is 1. The van der Waals surface area contributed by atoms with Gasteiger partial charge in [-0.15, -0.1) is 0 Å². The summed E-state index contributed by atoms with van der Waals surface area (Å²) >= 11 is 3.30. The van der Waals surface area contributed by atoms with Crippen molar-refractivity contribution in [3.05, 3.63) is 59.1 Å². The highest BCUT2D eigenvalue weighted by Crippen LogP contribution is 2.10. The summed E-state index contributed by atoms with van der Waals surface area (Å²) < 4.78 is 0.797. The Balaban J connectivity index is 2.77. The van der Waals surface area contributed by atoms with Crippen molar-refractivity contribution in [1.82, 2.24) is 4.90 Å². The number of hydrogen-bond donors (Lipinski definition) is 0. The predicted molar refractivity (Wildman–Crippen MR) is 74.7 cm³/mol. The van der Waals surface area contributed by atoms with Crippen molar-refractivity contribution in [1.29, 1.82) is 0 Å². The molecule has 0 aliphatic heterocycles. The normalized spacial score (nSPS) is 10.5. The van der Waals surface area contributed by atoms with Gasteiger partial charge in [0.05, 0.1) is 6.54 Å². The monoisotopic (exact) mass is 293 g/mol. The Hall–Kier alpha value is -1.35. The lowest BCUT2D eigenvalue weighted by Gasteiger charge is -2.20. The van der Waals surface area contributed by atoms with Crippen LogP contribution in [0, 0.1) is 0 Å². The van der Waals surface area contributed by atoms with Gasteiger partial charge in [0.1, 0.15) is 0 Å². The summed E-state index contributed by atoms with van der Waals surface area (Å²) in [4.78, 5) is 13.6. The summed E-state index contributed by atoms with van der Waals surface area (Å²) in [6, 6.07) is 9.91. The van der Waals surface area contributed by atoms with E-state index in [0.29, 0.717) is 13.1 Å². The Labute approximate surface area is 111 Å². The molecule has 0 aliphatic carbocycles. The summed E-state index contributed by atoms with van der Waals surface area (Å²) in [6.45, 7) is 6.72. The van der Waals surface area contributed by atoms with Gasteiger partial charge in [-0.3, -0.25) is 4.79 Å². The summed E-state index contributed by atoms with van der Waals surface area (Å²) in [5.41, 5.74) is 1.11. The number of amides is 1. The lowest BCUT2D eigenvalue weighted by atomic mass is 10.2. The minimum atomic E-state index is -0.00282. The summed E-state index contributed by atoms with van der Waals surface area (Å²) in [7, 11) is 0. The van der Waals surface area contributed by atoms with Crippen molar-refractivity contribution in [2.45, 2.75) is 13.5 Å². The first-order chi connectivity index (χ1) is 8.13. The molecule has 1 rings (SSSR count). The van der Waals surface area contributed by atoms with E-state index in [4.69, 9.17) is 0 Å². The maximum Gasteiger partial charge on any atom is 0.246 e. The zero-order chi connectivity index (χ0) is 12.7. The minimum absolute atomic E-state index is 0.00282. The molecule has 1 amide bonds. The number of rotatable bonds is 5. The molecule has 0 saturated carbocycles. The maximum atomic E-state index is 11.9. The van der Waals surface area contributed by atoms with E-state index in [-0.39, 0.29) is 5.91 Å². The molecule has 1 aromatic carbocycles. The van der Waals surface area contributed by atoms with Gasteiger partial charge in [0.25, 0.3) is 0 Å². The number of carbonyl (C=O) groups is 1. The molecule has 0 unspecified atom stereocenters. The highest BCUT2D eigenvalue weighted by Gasteiger charge is 2.11. The Morgan fingerprint density at radius 2 is 2.06 bits per heavy atom. The standard InChI is InChI=1S/C14H16BrNO/c1-3-7-14(17)16(10-12(2)15)11-13-8-5-4-6-9-13/h3-9H,2,10-11H2,1H3/b7-3+. The van der Waals surface area contributed by atoms with Crippen LogP contribution in [0.4, 0.5) is 0 Å². The van der Waals surface area contributed by atoms with Crippen molar-refractivity contribution < 1.29 is 4.79 Å². The van der Waals surface area contributed by atoms with Crippen LogP contribution in [0.1, 0.15) is 12.5 Å². The second kappa shape index (κ2) is 7.07. The Morgan fingerprint density at radius 1 is 1.41 bits per heavy atom. The van der Waals surface area contributed by atoms with E-state index >= 15 is 0 Å². The zero-order valence-electron chi connectivity index (χ0n) is 9.90. The number of carbonyl (C=O) groups excluding carboxylic acids is 1. The topological polar surface area (TPSA) is 20.3 Å². The van der Waals surface area contributed by atoms with Gasteiger partial charge in [-0.25, -0.2) is 0 Å². The van der Waals surface area contributed by atoms with Crippen LogP contribution in [-0.2, 0) is 11.3 Å². The van der Waals surface area contributed by atoms with Gasteiger partial charge in [-0.2, -0.15) is 0 Å². The van der Waals surface area contributed by atoms with E-state index < -0.39 is 0 Å². The van der Waals surface area contributed by atoms with Gasteiger partial charge >= 0.3 is 0 Å². The lowest BCUT2D eigenvalue weighted by Crippen LogP contribution is -2.30. The van der Waals surface area contributed by atoms with Crippen molar-refractivity contribution >= 4 is 21.8 Å². The summed E-state index contributed by atoms with van der Waals surface area (Å²) in [5.74, 6) is -0.00282. The summed E-state index contributed by atoms with van der Waals surface area (Å²) in [6.07, 6.45) is 3.32. The molecule has 0 aromatic heterocycles. The van der Waals surface area contributed by atoms with Gasteiger partial charge < -0.3 is 4.90 Å². The van der Waals surface area contributed by atoms with E-state index in [1.807, 2.05) is 37.3 Å². The van der Waals surface area contributed by atoms with E-state index in [0.717, 1.165) is 10.0 Å². The Bertz CT molecular complexity index is 411. The molecule has 0 fully saturated rings. The van der Waals surface area contributed by atoms with E-state index in [2.05, 4.69) is 22.5 Å². The van der Waals surface area contributed by atoms with Crippen LogP contribution >= 0.6 is 15.9 Å². The van der Waals surface area contributed by atoms with Crippen molar-refractivity contribution in [2.75, 3.05) is 6.54 Å². The molecule has 0 aliphatic rings. The minimum Gasteiger partial charge on any atom is -0.330 e. The fourth-order valence-electron chi connectivity index (χ4n) is 1.47. The van der Waals surface area contributed by atoms with Gasteiger partial charge in [0, 0.05) is 11.0 Å². The predicted octanol–water partition coefficient (Wildman–Crippen LogP) is 3.50. The van der Waals surface area contributed by atoms with Crippen LogP contribution in [0.15, 0.2) is 53.5 Å². The zero-order valence-corrected chi connectivity index (χ0v) is 11.5. The van der Waals surface area contributed by atoms with Crippen LogP contribution in [0.25, 0.3) is 0 Å². The summed E-state index contributed by atoms with van der Waals surface area (Å²) in [5, 5.41) is 0. The van der Waals surface area contributed by atoms with Gasteiger partial charge in [0.15, 0.2) is 0 Å². The first-order valence-electron chi connectivity index (χ1n) is 5.42. The number of benzene rings is 1. The second-order valence-corrected chi connectivity index (χ2v) is 4.82. The molecule has 0 atom stereocenters. The molecule has 0 N–H and O–H groups in total. The van der Waals surface area contributed by atoms with Gasteiger partial charge in [-0.1, -0.05) is 58.9 Å². The molecule has 2 nitrogen and oxygen atoms in total. The lowest BCUT2D eigenvalue weighted by molar-refractivity contribution is -0.126. The van der Waals surface area contributed by atoms with Crippen LogP contribution in [0.2, 0.25) is 0 Å². The molecule has 0 heterocycles. The maximum absolute atomic E-state index is 11.9. The largest absolute Gasteiger partial charge is 0.330 e. The molecular formula is C14H16BrNO. The van der Waals surface area contributed by atoms with Crippen LogP contribution < -0.4 is 0 Å². The molecule has 1 aromatic rings. The van der Waals surface area contributed by atoms with E-state index in [1.165, 1.54) is 0 Å². The second-order valence-electron chi connectivity index (χ2n) is 3.70. The molecule has 90 valence electrons.